The average Bonchev–Trinajstić information content (AvgIpc) is 2.86. The lowest BCUT2D eigenvalue weighted by molar-refractivity contribution is -0.132. The van der Waals surface area contributed by atoms with Gasteiger partial charge in [0.2, 0.25) is 5.91 Å². The lowest BCUT2D eigenvalue weighted by Crippen LogP contribution is -2.30. The molecular formula is C15H20FNO. The van der Waals surface area contributed by atoms with Crippen molar-refractivity contribution in [2.24, 2.45) is 0 Å². The van der Waals surface area contributed by atoms with Gasteiger partial charge >= 0.3 is 0 Å². The van der Waals surface area contributed by atoms with E-state index in [4.69, 9.17) is 0 Å². The van der Waals surface area contributed by atoms with E-state index < -0.39 is 0 Å². The van der Waals surface area contributed by atoms with Gasteiger partial charge in [-0.15, -0.1) is 0 Å². The molecule has 0 saturated carbocycles. The third-order valence-electron chi connectivity index (χ3n) is 3.57. The van der Waals surface area contributed by atoms with Crippen molar-refractivity contribution < 1.29 is 9.18 Å². The minimum Gasteiger partial charge on any atom is -0.336 e. The van der Waals surface area contributed by atoms with Crippen molar-refractivity contribution in [2.45, 2.75) is 45.1 Å². The second kappa shape index (κ2) is 5.98. The van der Waals surface area contributed by atoms with Gasteiger partial charge in [0.05, 0.1) is 6.04 Å². The smallest absolute Gasteiger partial charge is 0.223 e. The highest BCUT2D eigenvalue weighted by molar-refractivity contribution is 5.77. The summed E-state index contributed by atoms with van der Waals surface area (Å²) in [6.45, 7) is 2.93. The number of halogens is 1. The number of rotatable bonds is 4. The Balaban J connectivity index is 2.07. The van der Waals surface area contributed by atoms with Gasteiger partial charge in [-0.05, 0) is 37.0 Å². The van der Waals surface area contributed by atoms with Crippen LogP contribution in [0.4, 0.5) is 4.39 Å². The van der Waals surface area contributed by atoms with Crippen molar-refractivity contribution >= 4 is 5.91 Å². The first kappa shape index (κ1) is 13.1. The monoisotopic (exact) mass is 249 g/mol. The molecule has 1 aromatic carbocycles. The summed E-state index contributed by atoms with van der Waals surface area (Å²) in [4.78, 5) is 14.1. The predicted octanol–water partition coefficient (Wildman–Crippen LogP) is 3.68. The van der Waals surface area contributed by atoms with Gasteiger partial charge in [-0.25, -0.2) is 4.39 Å². The summed E-state index contributed by atoms with van der Waals surface area (Å²) >= 11 is 0. The molecular weight excluding hydrogens is 229 g/mol. The van der Waals surface area contributed by atoms with Crippen molar-refractivity contribution in [2.75, 3.05) is 6.54 Å². The minimum atomic E-state index is -0.222. The van der Waals surface area contributed by atoms with Crippen molar-refractivity contribution in [3.8, 4) is 0 Å². The molecule has 1 aliphatic rings. The zero-order chi connectivity index (χ0) is 13.0. The summed E-state index contributed by atoms with van der Waals surface area (Å²) < 4.78 is 12.9. The fourth-order valence-electron chi connectivity index (χ4n) is 2.57. The Hall–Kier alpha value is -1.38. The lowest BCUT2D eigenvalue weighted by Gasteiger charge is -2.25. The van der Waals surface area contributed by atoms with Gasteiger partial charge in [-0.1, -0.05) is 25.5 Å². The summed E-state index contributed by atoms with van der Waals surface area (Å²) in [5.74, 6) is 0.0179. The summed E-state index contributed by atoms with van der Waals surface area (Å²) in [7, 11) is 0. The number of hydrogen-bond donors (Lipinski definition) is 0. The molecule has 1 saturated heterocycles. The topological polar surface area (TPSA) is 20.3 Å². The van der Waals surface area contributed by atoms with Gasteiger partial charge in [0.1, 0.15) is 5.82 Å². The maximum absolute atomic E-state index is 12.9. The minimum absolute atomic E-state index is 0.148. The fourth-order valence-corrected chi connectivity index (χ4v) is 2.57. The van der Waals surface area contributed by atoms with E-state index in [1.54, 1.807) is 12.1 Å². The molecule has 2 rings (SSSR count). The Morgan fingerprint density at radius 1 is 1.39 bits per heavy atom. The van der Waals surface area contributed by atoms with Crippen LogP contribution in [0.3, 0.4) is 0 Å². The van der Waals surface area contributed by atoms with Crippen molar-refractivity contribution in [1.82, 2.24) is 4.90 Å². The molecule has 98 valence electrons. The van der Waals surface area contributed by atoms with Crippen LogP contribution in [0.1, 0.15) is 50.6 Å². The van der Waals surface area contributed by atoms with Crippen LogP contribution in [-0.2, 0) is 4.79 Å². The van der Waals surface area contributed by atoms with Gasteiger partial charge in [0.15, 0.2) is 0 Å². The Labute approximate surface area is 108 Å². The summed E-state index contributed by atoms with van der Waals surface area (Å²) in [6, 6.07) is 6.69. The second-order valence-corrected chi connectivity index (χ2v) is 4.90. The lowest BCUT2D eigenvalue weighted by atomic mass is 10.0. The standard InChI is InChI=1S/C15H20FNO/c1-2-3-6-15(18)17-11-4-5-14(17)12-7-9-13(16)10-8-12/h7-10,14H,2-6,11H2,1H3. The van der Waals surface area contributed by atoms with Crippen molar-refractivity contribution in [1.29, 1.82) is 0 Å². The molecule has 18 heavy (non-hydrogen) atoms. The van der Waals surface area contributed by atoms with Crippen LogP contribution in [0.25, 0.3) is 0 Å². The van der Waals surface area contributed by atoms with Crippen LogP contribution in [0.2, 0.25) is 0 Å². The molecule has 1 amide bonds. The summed E-state index contributed by atoms with van der Waals surface area (Å²) in [6.07, 6.45) is 4.66. The molecule has 0 radical (unpaired) electrons. The average molecular weight is 249 g/mol. The van der Waals surface area contributed by atoms with Gasteiger partial charge in [-0.2, -0.15) is 0 Å². The van der Waals surface area contributed by atoms with E-state index >= 15 is 0 Å². The van der Waals surface area contributed by atoms with E-state index in [1.807, 2.05) is 4.90 Å². The molecule has 0 bridgehead atoms. The van der Waals surface area contributed by atoms with Crippen LogP contribution in [0.5, 0.6) is 0 Å². The zero-order valence-electron chi connectivity index (χ0n) is 10.9. The maximum Gasteiger partial charge on any atom is 0.223 e. The zero-order valence-corrected chi connectivity index (χ0v) is 10.9. The predicted molar refractivity (Wildman–Crippen MR) is 69.6 cm³/mol. The molecule has 1 aromatic rings. The SMILES string of the molecule is CCCCC(=O)N1CCCC1c1ccc(F)cc1. The number of nitrogens with zero attached hydrogens (tertiary/aromatic N) is 1. The van der Waals surface area contributed by atoms with E-state index in [0.717, 1.165) is 37.8 Å². The number of unbranched alkanes of at least 4 members (excludes halogenated alkanes) is 1. The van der Waals surface area contributed by atoms with Gasteiger partial charge in [0.25, 0.3) is 0 Å². The van der Waals surface area contributed by atoms with Gasteiger partial charge < -0.3 is 4.90 Å². The quantitative estimate of drug-likeness (QED) is 0.797. The van der Waals surface area contributed by atoms with E-state index in [2.05, 4.69) is 6.92 Å². The highest BCUT2D eigenvalue weighted by Crippen LogP contribution is 2.32. The van der Waals surface area contributed by atoms with Crippen LogP contribution in [-0.4, -0.2) is 17.4 Å². The number of likely N-dealkylation sites (tertiary alicyclic amines) is 1. The molecule has 0 spiro atoms. The van der Waals surface area contributed by atoms with E-state index in [0.29, 0.717) is 6.42 Å². The first-order valence-corrected chi connectivity index (χ1v) is 6.77. The van der Waals surface area contributed by atoms with Crippen LogP contribution >= 0.6 is 0 Å². The van der Waals surface area contributed by atoms with E-state index in [9.17, 15) is 9.18 Å². The molecule has 3 heteroatoms. The van der Waals surface area contributed by atoms with Gasteiger partial charge in [0, 0.05) is 13.0 Å². The normalized spacial score (nSPS) is 19.2. The molecule has 1 unspecified atom stereocenters. The van der Waals surface area contributed by atoms with Crippen molar-refractivity contribution in [3.63, 3.8) is 0 Å². The molecule has 2 nitrogen and oxygen atoms in total. The number of amides is 1. The Morgan fingerprint density at radius 3 is 2.78 bits per heavy atom. The maximum atomic E-state index is 12.9. The number of hydrogen-bond acceptors (Lipinski definition) is 1. The molecule has 1 atom stereocenters. The van der Waals surface area contributed by atoms with Crippen molar-refractivity contribution in [3.05, 3.63) is 35.6 Å². The molecule has 0 aromatic heterocycles. The number of benzene rings is 1. The third kappa shape index (κ3) is 2.89. The second-order valence-electron chi connectivity index (χ2n) is 4.90. The molecule has 1 aliphatic heterocycles. The first-order valence-electron chi connectivity index (χ1n) is 6.77. The number of carbonyl (C=O) groups excluding carboxylic acids is 1. The van der Waals surface area contributed by atoms with Gasteiger partial charge in [-0.3, -0.25) is 4.79 Å². The molecule has 0 N–H and O–H groups in total. The Kier molecular flexibility index (Phi) is 4.34. The Bertz CT molecular complexity index is 401. The van der Waals surface area contributed by atoms with Crippen LogP contribution < -0.4 is 0 Å². The largest absolute Gasteiger partial charge is 0.336 e. The highest BCUT2D eigenvalue weighted by Gasteiger charge is 2.29. The fraction of sp³-hybridized carbons (Fsp3) is 0.533. The summed E-state index contributed by atoms with van der Waals surface area (Å²) in [5, 5.41) is 0. The van der Waals surface area contributed by atoms with Crippen LogP contribution in [0, 0.1) is 5.82 Å². The van der Waals surface area contributed by atoms with Crippen LogP contribution in [0.15, 0.2) is 24.3 Å². The summed E-state index contributed by atoms with van der Waals surface area (Å²) in [5.41, 5.74) is 1.05. The molecule has 1 heterocycles. The Morgan fingerprint density at radius 2 is 2.11 bits per heavy atom. The third-order valence-corrected chi connectivity index (χ3v) is 3.57. The molecule has 0 aliphatic carbocycles. The van der Waals surface area contributed by atoms with E-state index in [-0.39, 0.29) is 17.8 Å². The first-order chi connectivity index (χ1) is 8.72. The highest BCUT2D eigenvalue weighted by atomic mass is 19.1. The number of carbonyl (C=O) groups is 1. The molecule has 1 fully saturated rings. The van der Waals surface area contributed by atoms with E-state index in [1.165, 1.54) is 12.1 Å².